The Morgan fingerprint density at radius 3 is 2.24 bits per heavy atom. The van der Waals surface area contributed by atoms with Gasteiger partial charge in [-0.25, -0.2) is 0 Å². The summed E-state index contributed by atoms with van der Waals surface area (Å²) in [4.78, 5) is 18.9. The second kappa shape index (κ2) is 7.57. The average Bonchev–Trinajstić information content (AvgIpc) is 2.67. The van der Waals surface area contributed by atoms with E-state index in [4.69, 9.17) is 0 Å². The van der Waals surface area contributed by atoms with Gasteiger partial charge in [0.25, 0.3) is 0 Å². The van der Waals surface area contributed by atoms with E-state index in [9.17, 15) is 9.90 Å². The summed E-state index contributed by atoms with van der Waals surface area (Å²) < 4.78 is 0. The molecule has 1 heterocycles. The molecule has 1 N–H and O–H groups in total. The molecule has 132 valence electrons. The number of aromatic hydroxyl groups is 1. The standard InChI is InChI=1S/C20H25N3O2/c1-16(20(25)21(2)17-8-4-3-5-9-17)22-12-14-23(15-13-22)18-10-6-7-11-19(18)24/h3-11,16,24H,12-15H2,1-2H3/t16-/m0/s1. The number of benzene rings is 2. The van der Waals surface area contributed by atoms with Gasteiger partial charge < -0.3 is 14.9 Å². The number of amides is 1. The van der Waals surface area contributed by atoms with E-state index >= 15 is 0 Å². The number of nitrogens with zero attached hydrogens (tertiary/aromatic N) is 3. The van der Waals surface area contributed by atoms with E-state index in [0.29, 0.717) is 5.75 Å². The van der Waals surface area contributed by atoms with Crippen molar-refractivity contribution in [3.8, 4) is 5.75 Å². The average molecular weight is 339 g/mol. The first-order valence-corrected chi connectivity index (χ1v) is 8.67. The molecule has 0 spiro atoms. The molecular weight excluding hydrogens is 314 g/mol. The van der Waals surface area contributed by atoms with Crippen molar-refractivity contribution in [2.24, 2.45) is 0 Å². The predicted octanol–water partition coefficient (Wildman–Crippen LogP) is 2.57. The van der Waals surface area contributed by atoms with Crippen LogP contribution in [0.3, 0.4) is 0 Å². The molecule has 1 atom stereocenters. The van der Waals surface area contributed by atoms with Gasteiger partial charge in [0.15, 0.2) is 0 Å². The fourth-order valence-electron chi connectivity index (χ4n) is 3.30. The van der Waals surface area contributed by atoms with E-state index in [-0.39, 0.29) is 11.9 Å². The second-order valence-corrected chi connectivity index (χ2v) is 6.42. The Labute approximate surface area is 149 Å². The molecular formula is C20H25N3O2. The third kappa shape index (κ3) is 3.77. The van der Waals surface area contributed by atoms with Gasteiger partial charge in [-0.2, -0.15) is 0 Å². The molecule has 3 rings (SSSR count). The molecule has 25 heavy (non-hydrogen) atoms. The van der Waals surface area contributed by atoms with Gasteiger partial charge in [-0.1, -0.05) is 30.3 Å². The van der Waals surface area contributed by atoms with Gasteiger partial charge >= 0.3 is 0 Å². The Morgan fingerprint density at radius 1 is 1.00 bits per heavy atom. The molecule has 2 aromatic rings. The zero-order valence-electron chi connectivity index (χ0n) is 14.8. The Balaban J connectivity index is 1.61. The van der Waals surface area contributed by atoms with E-state index in [1.165, 1.54) is 0 Å². The number of hydrogen-bond acceptors (Lipinski definition) is 4. The number of rotatable bonds is 4. The van der Waals surface area contributed by atoms with Crippen LogP contribution in [0.15, 0.2) is 54.6 Å². The summed E-state index contributed by atoms with van der Waals surface area (Å²) in [6.45, 7) is 5.15. The number of phenolic OH excluding ortho intramolecular Hbond substituents is 1. The highest BCUT2D eigenvalue weighted by atomic mass is 16.3. The predicted molar refractivity (Wildman–Crippen MR) is 101 cm³/mol. The van der Waals surface area contributed by atoms with Crippen molar-refractivity contribution in [2.45, 2.75) is 13.0 Å². The van der Waals surface area contributed by atoms with Gasteiger partial charge in [0.05, 0.1) is 11.7 Å². The van der Waals surface area contributed by atoms with Crippen LogP contribution in [-0.2, 0) is 4.79 Å². The minimum Gasteiger partial charge on any atom is -0.506 e. The Morgan fingerprint density at radius 2 is 1.60 bits per heavy atom. The van der Waals surface area contributed by atoms with E-state index in [2.05, 4.69) is 9.80 Å². The van der Waals surface area contributed by atoms with E-state index < -0.39 is 0 Å². The monoisotopic (exact) mass is 339 g/mol. The number of anilines is 2. The maximum atomic E-state index is 12.8. The lowest BCUT2D eigenvalue weighted by molar-refractivity contribution is -0.123. The van der Waals surface area contributed by atoms with Gasteiger partial charge in [0, 0.05) is 38.9 Å². The van der Waals surface area contributed by atoms with Gasteiger partial charge in [-0.15, -0.1) is 0 Å². The SMILES string of the molecule is C[C@@H](C(=O)N(C)c1ccccc1)N1CCN(c2ccccc2O)CC1. The van der Waals surface area contributed by atoms with Crippen molar-refractivity contribution in [2.75, 3.05) is 43.0 Å². The molecule has 0 unspecified atom stereocenters. The minimum atomic E-state index is -0.170. The van der Waals surface area contributed by atoms with Crippen LogP contribution in [0.5, 0.6) is 5.75 Å². The molecule has 1 amide bonds. The molecule has 0 saturated carbocycles. The first-order chi connectivity index (χ1) is 12.1. The number of piperazine rings is 1. The van der Waals surface area contributed by atoms with Crippen LogP contribution in [0.25, 0.3) is 0 Å². The summed E-state index contributed by atoms with van der Waals surface area (Å²) in [6.07, 6.45) is 0. The lowest BCUT2D eigenvalue weighted by Gasteiger charge is -2.39. The highest BCUT2D eigenvalue weighted by Gasteiger charge is 2.28. The molecule has 1 aliphatic heterocycles. The topological polar surface area (TPSA) is 47.0 Å². The van der Waals surface area contributed by atoms with Crippen LogP contribution in [-0.4, -0.2) is 55.2 Å². The number of carbonyl (C=O) groups is 1. The number of para-hydroxylation sites is 3. The van der Waals surface area contributed by atoms with Gasteiger partial charge in [0.1, 0.15) is 5.75 Å². The highest BCUT2D eigenvalue weighted by Crippen LogP contribution is 2.27. The summed E-state index contributed by atoms with van der Waals surface area (Å²) in [6, 6.07) is 17.0. The Kier molecular flexibility index (Phi) is 5.24. The fraction of sp³-hybridized carbons (Fsp3) is 0.350. The van der Waals surface area contributed by atoms with Crippen molar-refractivity contribution < 1.29 is 9.90 Å². The molecule has 0 radical (unpaired) electrons. The summed E-state index contributed by atoms with van der Waals surface area (Å²) >= 11 is 0. The summed E-state index contributed by atoms with van der Waals surface area (Å²) in [5, 5.41) is 10.0. The molecule has 0 aliphatic carbocycles. The number of likely N-dealkylation sites (N-methyl/N-ethyl adjacent to an activating group) is 1. The van der Waals surface area contributed by atoms with Crippen LogP contribution in [0, 0.1) is 0 Å². The van der Waals surface area contributed by atoms with Crippen LogP contribution in [0.2, 0.25) is 0 Å². The lowest BCUT2D eigenvalue weighted by atomic mass is 10.1. The van der Waals surface area contributed by atoms with Crippen LogP contribution < -0.4 is 9.80 Å². The zero-order chi connectivity index (χ0) is 17.8. The minimum absolute atomic E-state index is 0.0993. The van der Waals surface area contributed by atoms with Crippen molar-refractivity contribution in [1.82, 2.24) is 4.90 Å². The molecule has 5 nitrogen and oxygen atoms in total. The zero-order valence-corrected chi connectivity index (χ0v) is 14.8. The Hall–Kier alpha value is -2.53. The highest BCUT2D eigenvalue weighted by molar-refractivity contribution is 5.96. The van der Waals surface area contributed by atoms with Crippen molar-refractivity contribution in [3.05, 3.63) is 54.6 Å². The lowest BCUT2D eigenvalue weighted by Crippen LogP contribution is -2.54. The molecule has 1 saturated heterocycles. The number of hydrogen-bond donors (Lipinski definition) is 1. The van der Waals surface area contributed by atoms with Gasteiger partial charge in [0.2, 0.25) is 5.91 Å². The van der Waals surface area contributed by atoms with Gasteiger partial charge in [-0.05, 0) is 31.2 Å². The number of carbonyl (C=O) groups excluding carboxylic acids is 1. The largest absolute Gasteiger partial charge is 0.506 e. The maximum absolute atomic E-state index is 12.8. The van der Waals surface area contributed by atoms with Crippen LogP contribution in [0.4, 0.5) is 11.4 Å². The third-order valence-electron chi connectivity index (χ3n) is 4.92. The van der Waals surface area contributed by atoms with E-state index in [1.54, 1.807) is 11.0 Å². The normalized spacial score (nSPS) is 16.5. The molecule has 5 heteroatoms. The number of phenols is 1. The molecule has 0 aromatic heterocycles. The first kappa shape index (κ1) is 17.3. The molecule has 1 aliphatic rings. The molecule has 1 fully saturated rings. The van der Waals surface area contributed by atoms with Crippen molar-refractivity contribution in [3.63, 3.8) is 0 Å². The van der Waals surface area contributed by atoms with Gasteiger partial charge in [-0.3, -0.25) is 9.69 Å². The van der Waals surface area contributed by atoms with E-state index in [1.807, 2.05) is 62.5 Å². The van der Waals surface area contributed by atoms with Crippen molar-refractivity contribution >= 4 is 17.3 Å². The molecule has 2 aromatic carbocycles. The summed E-state index contributed by atoms with van der Waals surface area (Å²) in [7, 11) is 1.83. The Bertz CT molecular complexity index is 712. The fourth-order valence-corrected chi connectivity index (χ4v) is 3.30. The summed E-state index contributed by atoms with van der Waals surface area (Å²) in [5.74, 6) is 0.408. The van der Waals surface area contributed by atoms with Crippen molar-refractivity contribution in [1.29, 1.82) is 0 Å². The smallest absolute Gasteiger partial charge is 0.243 e. The maximum Gasteiger partial charge on any atom is 0.243 e. The quantitative estimate of drug-likeness (QED) is 0.930. The van der Waals surface area contributed by atoms with Crippen LogP contribution >= 0.6 is 0 Å². The van der Waals surface area contributed by atoms with Crippen LogP contribution in [0.1, 0.15) is 6.92 Å². The first-order valence-electron chi connectivity index (χ1n) is 8.67. The third-order valence-corrected chi connectivity index (χ3v) is 4.92. The molecule has 0 bridgehead atoms. The second-order valence-electron chi connectivity index (χ2n) is 6.42. The summed E-state index contributed by atoms with van der Waals surface area (Å²) in [5.41, 5.74) is 1.77. The van der Waals surface area contributed by atoms with E-state index in [0.717, 1.165) is 37.6 Å².